The van der Waals surface area contributed by atoms with Crippen LogP contribution in [0.25, 0.3) is 0 Å². The van der Waals surface area contributed by atoms with Gasteiger partial charge in [-0.05, 0) is 38.0 Å². The van der Waals surface area contributed by atoms with Crippen molar-refractivity contribution < 1.29 is 19.1 Å². The van der Waals surface area contributed by atoms with Crippen molar-refractivity contribution in [2.75, 3.05) is 0 Å². The van der Waals surface area contributed by atoms with E-state index in [-0.39, 0.29) is 12.0 Å². The Balaban J connectivity index is 2.81. The third kappa shape index (κ3) is 4.21. The lowest BCUT2D eigenvalue weighted by Crippen LogP contribution is -2.40. The maximum absolute atomic E-state index is 13.3. The van der Waals surface area contributed by atoms with Gasteiger partial charge in [0.05, 0.1) is 0 Å². The third-order valence-electron chi connectivity index (χ3n) is 2.64. The molecule has 0 spiro atoms. The Kier molecular flexibility index (Phi) is 5.23. The molecule has 5 heteroatoms. The van der Waals surface area contributed by atoms with E-state index in [1.165, 1.54) is 12.1 Å². The number of carboxylic acids is 1. The van der Waals surface area contributed by atoms with Gasteiger partial charge in [-0.1, -0.05) is 18.2 Å². The molecule has 2 N–H and O–H groups in total. The number of allylic oxidation sites excluding steroid dienone is 1. The van der Waals surface area contributed by atoms with Crippen LogP contribution in [0.15, 0.2) is 30.4 Å². The molecule has 0 heterocycles. The van der Waals surface area contributed by atoms with Gasteiger partial charge in [0.2, 0.25) is 0 Å². The predicted octanol–water partition coefficient (Wildman–Crippen LogP) is 2.28. The van der Waals surface area contributed by atoms with Crippen molar-refractivity contribution in [3.8, 4) is 0 Å². The summed E-state index contributed by atoms with van der Waals surface area (Å²) in [7, 11) is 0. The van der Waals surface area contributed by atoms with Crippen LogP contribution in [0.5, 0.6) is 0 Å². The van der Waals surface area contributed by atoms with Crippen LogP contribution >= 0.6 is 0 Å². The molecule has 1 aromatic carbocycles. The van der Waals surface area contributed by atoms with Crippen molar-refractivity contribution in [1.29, 1.82) is 0 Å². The molecule has 0 radical (unpaired) electrons. The monoisotopic (exact) mass is 265 g/mol. The first-order valence-electron chi connectivity index (χ1n) is 5.86. The Hall–Kier alpha value is -2.17. The molecule has 0 fully saturated rings. The van der Waals surface area contributed by atoms with Crippen LogP contribution in [-0.2, 0) is 4.79 Å². The van der Waals surface area contributed by atoms with Crippen LogP contribution in [0, 0.1) is 12.7 Å². The average molecular weight is 265 g/mol. The fourth-order valence-electron chi connectivity index (χ4n) is 1.47. The van der Waals surface area contributed by atoms with Crippen LogP contribution in [0.2, 0.25) is 0 Å². The lowest BCUT2D eigenvalue weighted by Gasteiger charge is -2.12. The Bertz CT molecular complexity index is 511. The van der Waals surface area contributed by atoms with Gasteiger partial charge in [0.15, 0.2) is 0 Å². The summed E-state index contributed by atoms with van der Waals surface area (Å²) in [4.78, 5) is 22.8. The van der Waals surface area contributed by atoms with Gasteiger partial charge in [-0.15, -0.1) is 0 Å². The molecule has 1 amide bonds. The molecule has 1 unspecified atom stereocenters. The zero-order valence-corrected chi connectivity index (χ0v) is 10.8. The number of aryl methyl sites for hydroxylation is 1. The number of aliphatic carboxylic acids is 1. The smallest absolute Gasteiger partial charge is 0.326 e. The topological polar surface area (TPSA) is 66.4 Å². The Morgan fingerprint density at radius 3 is 2.68 bits per heavy atom. The number of carbonyl (C=O) groups excluding carboxylic acids is 1. The summed E-state index contributed by atoms with van der Waals surface area (Å²) in [5, 5.41) is 11.3. The SMILES string of the molecule is C/C=C/CC(NC(=O)c1ccc(C)c(F)c1)C(=O)O. The van der Waals surface area contributed by atoms with Gasteiger partial charge >= 0.3 is 5.97 Å². The van der Waals surface area contributed by atoms with Crippen LogP contribution in [-0.4, -0.2) is 23.0 Å². The molecular weight excluding hydrogens is 249 g/mol. The fraction of sp³-hybridized carbons (Fsp3) is 0.286. The molecule has 0 aromatic heterocycles. The van der Waals surface area contributed by atoms with Crippen LogP contribution in [0.3, 0.4) is 0 Å². The summed E-state index contributed by atoms with van der Waals surface area (Å²) in [6, 6.07) is 3.01. The highest BCUT2D eigenvalue weighted by atomic mass is 19.1. The summed E-state index contributed by atoms with van der Waals surface area (Å²) < 4.78 is 13.3. The predicted molar refractivity (Wildman–Crippen MR) is 69.5 cm³/mol. The quantitative estimate of drug-likeness (QED) is 0.803. The molecule has 19 heavy (non-hydrogen) atoms. The molecule has 1 rings (SSSR count). The third-order valence-corrected chi connectivity index (χ3v) is 2.64. The van der Waals surface area contributed by atoms with Gasteiger partial charge in [0, 0.05) is 5.56 Å². The Morgan fingerprint density at radius 1 is 1.47 bits per heavy atom. The zero-order valence-electron chi connectivity index (χ0n) is 10.8. The molecule has 0 aliphatic rings. The fourth-order valence-corrected chi connectivity index (χ4v) is 1.47. The molecule has 0 aliphatic heterocycles. The number of nitrogens with one attached hydrogen (secondary N) is 1. The van der Waals surface area contributed by atoms with E-state index >= 15 is 0 Å². The molecule has 1 atom stereocenters. The number of rotatable bonds is 5. The van der Waals surface area contributed by atoms with Gasteiger partial charge in [-0.3, -0.25) is 4.79 Å². The van der Waals surface area contributed by atoms with E-state index in [0.29, 0.717) is 5.56 Å². The second-order valence-electron chi connectivity index (χ2n) is 4.13. The lowest BCUT2D eigenvalue weighted by molar-refractivity contribution is -0.139. The van der Waals surface area contributed by atoms with E-state index in [1.807, 2.05) is 0 Å². The van der Waals surface area contributed by atoms with Crippen molar-refractivity contribution >= 4 is 11.9 Å². The average Bonchev–Trinajstić information content (AvgIpc) is 2.37. The van der Waals surface area contributed by atoms with Gasteiger partial charge < -0.3 is 10.4 Å². The largest absolute Gasteiger partial charge is 0.480 e. The minimum atomic E-state index is -1.13. The summed E-state index contributed by atoms with van der Waals surface area (Å²) >= 11 is 0. The molecule has 0 saturated carbocycles. The summed E-state index contributed by atoms with van der Waals surface area (Å²) in [5.41, 5.74) is 0.537. The highest BCUT2D eigenvalue weighted by molar-refractivity contribution is 5.96. The molecule has 0 saturated heterocycles. The maximum Gasteiger partial charge on any atom is 0.326 e. The van der Waals surface area contributed by atoms with E-state index in [1.54, 1.807) is 26.0 Å². The van der Waals surface area contributed by atoms with Crippen molar-refractivity contribution in [3.05, 3.63) is 47.3 Å². The van der Waals surface area contributed by atoms with E-state index < -0.39 is 23.7 Å². The first kappa shape index (κ1) is 14.9. The lowest BCUT2D eigenvalue weighted by atomic mass is 10.1. The molecule has 102 valence electrons. The van der Waals surface area contributed by atoms with Gasteiger partial charge in [-0.25, -0.2) is 9.18 Å². The van der Waals surface area contributed by atoms with Gasteiger partial charge in [0.1, 0.15) is 11.9 Å². The minimum Gasteiger partial charge on any atom is -0.480 e. The van der Waals surface area contributed by atoms with Crippen molar-refractivity contribution in [2.45, 2.75) is 26.3 Å². The highest BCUT2D eigenvalue weighted by Gasteiger charge is 2.19. The van der Waals surface area contributed by atoms with Crippen molar-refractivity contribution in [1.82, 2.24) is 5.32 Å². The maximum atomic E-state index is 13.3. The van der Waals surface area contributed by atoms with E-state index in [0.717, 1.165) is 6.07 Å². The summed E-state index contributed by atoms with van der Waals surface area (Å²) in [6.07, 6.45) is 3.54. The molecule has 4 nitrogen and oxygen atoms in total. The van der Waals surface area contributed by atoms with Crippen LogP contribution in [0.4, 0.5) is 4.39 Å². The number of amides is 1. The van der Waals surface area contributed by atoms with E-state index in [9.17, 15) is 14.0 Å². The van der Waals surface area contributed by atoms with Crippen LogP contribution < -0.4 is 5.32 Å². The number of benzene rings is 1. The van der Waals surface area contributed by atoms with E-state index in [4.69, 9.17) is 5.11 Å². The number of carbonyl (C=O) groups is 2. The van der Waals surface area contributed by atoms with Crippen LogP contribution in [0.1, 0.15) is 29.3 Å². The summed E-state index contributed by atoms with van der Waals surface area (Å²) in [5.74, 6) is -2.22. The first-order chi connectivity index (χ1) is 8.95. The second kappa shape index (κ2) is 6.68. The van der Waals surface area contributed by atoms with Crippen molar-refractivity contribution in [2.24, 2.45) is 0 Å². The number of carboxylic acid groups (broad SMARTS) is 1. The zero-order chi connectivity index (χ0) is 14.4. The minimum absolute atomic E-state index is 0.106. The molecule has 1 aromatic rings. The number of hydrogen-bond donors (Lipinski definition) is 2. The summed E-state index contributed by atoms with van der Waals surface area (Å²) in [6.45, 7) is 3.35. The number of halogens is 1. The normalized spacial score (nSPS) is 12.4. The molecule has 0 bridgehead atoms. The van der Waals surface area contributed by atoms with Crippen molar-refractivity contribution in [3.63, 3.8) is 0 Å². The first-order valence-corrected chi connectivity index (χ1v) is 5.86. The Morgan fingerprint density at radius 2 is 2.16 bits per heavy atom. The van der Waals surface area contributed by atoms with Gasteiger partial charge in [0.25, 0.3) is 5.91 Å². The Labute approximate surface area is 110 Å². The highest BCUT2D eigenvalue weighted by Crippen LogP contribution is 2.09. The molecular formula is C14H16FNO3. The van der Waals surface area contributed by atoms with Gasteiger partial charge in [-0.2, -0.15) is 0 Å². The second-order valence-corrected chi connectivity index (χ2v) is 4.13. The number of hydrogen-bond acceptors (Lipinski definition) is 2. The molecule has 0 aliphatic carbocycles. The standard InChI is InChI=1S/C14H16FNO3/c1-3-4-5-12(14(18)19)16-13(17)10-7-6-9(2)11(15)8-10/h3-4,6-8,12H,5H2,1-2H3,(H,16,17)(H,18,19)/b4-3+. The van der Waals surface area contributed by atoms with E-state index in [2.05, 4.69) is 5.32 Å².